The van der Waals surface area contributed by atoms with Crippen molar-refractivity contribution in [3.8, 4) is 11.1 Å². The minimum atomic E-state index is -0.263. The number of aromatic nitrogens is 2. The summed E-state index contributed by atoms with van der Waals surface area (Å²) < 4.78 is 1.37. The smallest absolute Gasteiger partial charge is 0.263 e. The molecule has 0 fully saturated rings. The summed E-state index contributed by atoms with van der Waals surface area (Å²) in [6, 6.07) is 20.2. The van der Waals surface area contributed by atoms with Gasteiger partial charge in [0.25, 0.3) is 5.56 Å². The fourth-order valence-corrected chi connectivity index (χ4v) is 4.96. The van der Waals surface area contributed by atoms with Crippen molar-refractivity contribution < 1.29 is 4.79 Å². The summed E-state index contributed by atoms with van der Waals surface area (Å²) in [7, 11) is 0. The number of benzene rings is 3. The summed E-state index contributed by atoms with van der Waals surface area (Å²) in [5, 5.41) is 7.65. The second-order valence-electron chi connectivity index (χ2n) is 7.99. The van der Waals surface area contributed by atoms with Gasteiger partial charge in [-0.2, -0.15) is 0 Å². The number of amides is 1. The first-order valence-corrected chi connectivity index (χ1v) is 11.2. The average molecular weight is 440 g/mol. The summed E-state index contributed by atoms with van der Waals surface area (Å²) in [6.07, 6.45) is 1.45. The van der Waals surface area contributed by atoms with Crippen molar-refractivity contribution >= 4 is 43.9 Å². The monoisotopic (exact) mass is 439 g/mol. The molecule has 2 heterocycles. The molecule has 0 saturated heterocycles. The van der Waals surface area contributed by atoms with E-state index in [0.29, 0.717) is 10.2 Å². The Hall–Kier alpha value is -3.77. The van der Waals surface area contributed by atoms with E-state index in [4.69, 9.17) is 0 Å². The van der Waals surface area contributed by atoms with Crippen molar-refractivity contribution in [2.75, 3.05) is 5.32 Å². The van der Waals surface area contributed by atoms with Crippen LogP contribution < -0.4 is 10.9 Å². The number of hydrogen-bond acceptors (Lipinski definition) is 4. The van der Waals surface area contributed by atoms with Crippen LogP contribution >= 0.6 is 11.3 Å². The third-order valence-corrected chi connectivity index (χ3v) is 6.33. The lowest BCUT2D eigenvalue weighted by atomic mass is 10.0. The van der Waals surface area contributed by atoms with E-state index >= 15 is 0 Å². The SMILES string of the molecule is Cc1cc(C)cc(NC(=O)Cn2cnc3scc(-c4ccc5ccccc5c4)c3c2=O)c1. The van der Waals surface area contributed by atoms with Gasteiger partial charge < -0.3 is 5.32 Å². The van der Waals surface area contributed by atoms with Gasteiger partial charge in [-0.1, -0.05) is 42.5 Å². The molecule has 5 nitrogen and oxygen atoms in total. The van der Waals surface area contributed by atoms with Crippen LogP contribution in [0.3, 0.4) is 0 Å². The number of carbonyl (C=O) groups excluding carboxylic acids is 1. The minimum absolute atomic E-state index is 0.0955. The van der Waals surface area contributed by atoms with Crippen LogP contribution in [0.25, 0.3) is 32.1 Å². The summed E-state index contributed by atoms with van der Waals surface area (Å²) in [5.74, 6) is -0.263. The molecule has 1 amide bonds. The first-order chi connectivity index (χ1) is 15.5. The van der Waals surface area contributed by atoms with Crippen molar-refractivity contribution in [3.05, 3.63) is 93.9 Å². The quantitative estimate of drug-likeness (QED) is 0.400. The van der Waals surface area contributed by atoms with Crippen LogP contribution in [0.1, 0.15) is 11.1 Å². The van der Waals surface area contributed by atoms with E-state index in [1.54, 1.807) is 0 Å². The number of aryl methyl sites for hydroxylation is 2. The molecule has 158 valence electrons. The zero-order valence-corrected chi connectivity index (χ0v) is 18.6. The standard InChI is InChI=1S/C26H21N3O2S/c1-16-9-17(2)11-21(10-16)28-23(30)13-29-15-27-25-24(26(29)31)22(14-32-25)20-8-7-18-5-3-4-6-19(18)12-20/h3-12,14-15H,13H2,1-2H3,(H,28,30). The van der Waals surface area contributed by atoms with Crippen molar-refractivity contribution in [2.45, 2.75) is 20.4 Å². The molecule has 0 atom stereocenters. The summed E-state index contributed by atoms with van der Waals surface area (Å²) in [5.41, 5.74) is 4.46. The molecular weight excluding hydrogens is 418 g/mol. The van der Waals surface area contributed by atoms with E-state index in [1.807, 2.05) is 55.6 Å². The topological polar surface area (TPSA) is 64.0 Å². The zero-order chi connectivity index (χ0) is 22.2. The van der Waals surface area contributed by atoms with Gasteiger partial charge in [0.15, 0.2) is 0 Å². The van der Waals surface area contributed by atoms with Gasteiger partial charge in [-0.15, -0.1) is 11.3 Å². The first kappa shape index (κ1) is 20.2. The molecule has 6 heteroatoms. The van der Waals surface area contributed by atoms with Gasteiger partial charge in [0.2, 0.25) is 5.91 Å². The van der Waals surface area contributed by atoms with Crippen LogP contribution in [-0.2, 0) is 11.3 Å². The van der Waals surface area contributed by atoms with Gasteiger partial charge in [0.05, 0.1) is 11.7 Å². The number of nitrogens with zero attached hydrogens (tertiary/aromatic N) is 2. The van der Waals surface area contributed by atoms with Crippen molar-refractivity contribution in [2.24, 2.45) is 0 Å². The first-order valence-electron chi connectivity index (χ1n) is 10.3. The van der Waals surface area contributed by atoms with Gasteiger partial charge in [-0.25, -0.2) is 4.98 Å². The Morgan fingerprint density at radius 3 is 2.53 bits per heavy atom. The van der Waals surface area contributed by atoms with Gasteiger partial charge in [0.1, 0.15) is 11.4 Å². The highest BCUT2D eigenvalue weighted by molar-refractivity contribution is 7.17. The summed E-state index contributed by atoms with van der Waals surface area (Å²) in [6.45, 7) is 3.87. The number of carbonyl (C=O) groups is 1. The van der Waals surface area contributed by atoms with Crippen molar-refractivity contribution in [1.82, 2.24) is 9.55 Å². The lowest BCUT2D eigenvalue weighted by Gasteiger charge is -2.09. The fraction of sp³-hybridized carbons (Fsp3) is 0.115. The maximum absolute atomic E-state index is 13.3. The molecule has 5 aromatic rings. The number of hydrogen-bond donors (Lipinski definition) is 1. The maximum Gasteiger partial charge on any atom is 0.263 e. The second kappa shape index (κ2) is 8.05. The molecule has 1 N–H and O–H groups in total. The van der Waals surface area contributed by atoms with E-state index in [9.17, 15) is 9.59 Å². The second-order valence-corrected chi connectivity index (χ2v) is 8.85. The van der Waals surface area contributed by atoms with Gasteiger partial charge in [0, 0.05) is 16.6 Å². The third kappa shape index (κ3) is 3.81. The average Bonchev–Trinajstić information content (AvgIpc) is 3.19. The number of anilines is 1. The van der Waals surface area contributed by atoms with Crippen LogP contribution in [0.5, 0.6) is 0 Å². The lowest BCUT2D eigenvalue weighted by Crippen LogP contribution is -2.27. The van der Waals surface area contributed by atoms with E-state index in [2.05, 4.69) is 34.6 Å². The Morgan fingerprint density at radius 2 is 1.75 bits per heavy atom. The highest BCUT2D eigenvalue weighted by Gasteiger charge is 2.15. The van der Waals surface area contributed by atoms with E-state index in [0.717, 1.165) is 38.7 Å². The van der Waals surface area contributed by atoms with Crippen LogP contribution in [0.15, 0.2) is 77.2 Å². The van der Waals surface area contributed by atoms with Gasteiger partial charge >= 0.3 is 0 Å². The number of thiophene rings is 1. The zero-order valence-electron chi connectivity index (χ0n) is 17.8. The molecular formula is C26H21N3O2S. The molecule has 0 aliphatic heterocycles. The Kier molecular flexibility index (Phi) is 5.07. The van der Waals surface area contributed by atoms with Crippen molar-refractivity contribution in [3.63, 3.8) is 0 Å². The normalized spacial score (nSPS) is 11.2. The molecule has 0 bridgehead atoms. The summed E-state index contributed by atoms with van der Waals surface area (Å²) >= 11 is 1.44. The van der Waals surface area contributed by atoms with E-state index in [1.165, 1.54) is 22.2 Å². The molecule has 0 radical (unpaired) electrons. The van der Waals surface area contributed by atoms with Crippen LogP contribution in [0.4, 0.5) is 5.69 Å². The Labute approximate surface area is 189 Å². The molecule has 3 aromatic carbocycles. The lowest BCUT2D eigenvalue weighted by molar-refractivity contribution is -0.116. The number of rotatable bonds is 4. The van der Waals surface area contributed by atoms with Crippen LogP contribution in [-0.4, -0.2) is 15.5 Å². The largest absolute Gasteiger partial charge is 0.325 e. The molecule has 0 spiro atoms. The highest BCUT2D eigenvalue weighted by atomic mass is 32.1. The number of fused-ring (bicyclic) bond motifs is 2. The predicted octanol–water partition coefficient (Wildman–Crippen LogP) is 5.53. The van der Waals surface area contributed by atoms with Gasteiger partial charge in [-0.3, -0.25) is 14.2 Å². The Bertz CT molecular complexity index is 1530. The van der Waals surface area contributed by atoms with Crippen LogP contribution in [0.2, 0.25) is 0 Å². The molecule has 0 aliphatic rings. The Balaban J connectivity index is 1.49. The maximum atomic E-state index is 13.3. The fourth-order valence-electron chi connectivity index (χ4n) is 4.05. The molecule has 5 rings (SSSR count). The molecule has 0 aliphatic carbocycles. The Morgan fingerprint density at radius 1 is 1.00 bits per heavy atom. The highest BCUT2D eigenvalue weighted by Crippen LogP contribution is 2.32. The number of nitrogens with one attached hydrogen (secondary N) is 1. The third-order valence-electron chi connectivity index (χ3n) is 5.44. The summed E-state index contributed by atoms with van der Waals surface area (Å²) in [4.78, 5) is 31.0. The van der Waals surface area contributed by atoms with Gasteiger partial charge in [-0.05, 0) is 59.5 Å². The van der Waals surface area contributed by atoms with E-state index in [-0.39, 0.29) is 18.0 Å². The van der Waals surface area contributed by atoms with E-state index < -0.39 is 0 Å². The molecule has 32 heavy (non-hydrogen) atoms. The molecule has 0 unspecified atom stereocenters. The molecule has 0 saturated carbocycles. The van der Waals surface area contributed by atoms with Crippen molar-refractivity contribution in [1.29, 1.82) is 0 Å². The predicted molar refractivity (Wildman–Crippen MR) is 131 cm³/mol. The minimum Gasteiger partial charge on any atom is -0.325 e. The van der Waals surface area contributed by atoms with Crippen LogP contribution in [0, 0.1) is 13.8 Å². The molecule has 2 aromatic heterocycles.